The number of hydrogen-bond acceptors (Lipinski definition) is 10. The molecule has 9 unspecified atom stereocenters. The zero-order valence-corrected chi connectivity index (χ0v) is 29.5. The lowest BCUT2D eigenvalue weighted by Crippen LogP contribution is -2.64. The van der Waals surface area contributed by atoms with Crippen LogP contribution in [0.25, 0.3) is 0 Å². The number of piperidine rings is 2. The van der Waals surface area contributed by atoms with Crippen molar-refractivity contribution in [1.29, 1.82) is 0 Å². The first-order valence-electron chi connectivity index (χ1n) is 19.5. The van der Waals surface area contributed by atoms with Gasteiger partial charge in [0.2, 0.25) is 11.8 Å². The van der Waals surface area contributed by atoms with Crippen LogP contribution in [0.3, 0.4) is 0 Å². The van der Waals surface area contributed by atoms with Crippen molar-refractivity contribution in [3.63, 3.8) is 0 Å². The number of ether oxygens (including phenoxy) is 2. The summed E-state index contributed by atoms with van der Waals surface area (Å²) < 4.78 is 12.2. The van der Waals surface area contributed by atoms with Crippen LogP contribution < -0.4 is 21.3 Å². The van der Waals surface area contributed by atoms with Gasteiger partial charge in [-0.05, 0) is 89.0 Å². The summed E-state index contributed by atoms with van der Waals surface area (Å²) in [5.41, 5.74) is 0. The number of nitrogens with zero attached hydrogens (tertiary/aromatic N) is 3. The van der Waals surface area contributed by atoms with Crippen molar-refractivity contribution < 1.29 is 24.2 Å². The van der Waals surface area contributed by atoms with E-state index in [9.17, 15) is 14.7 Å². The molecule has 5 N–H and O–H groups in total. The molecule has 12 nitrogen and oxygen atoms in total. The van der Waals surface area contributed by atoms with Gasteiger partial charge in [0, 0.05) is 69.7 Å². The predicted molar refractivity (Wildman–Crippen MR) is 183 cm³/mol. The van der Waals surface area contributed by atoms with Crippen molar-refractivity contribution in [3.8, 4) is 0 Å². The molecule has 7 rings (SSSR count). The quantitative estimate of drug-likeness (QED) is 0.204. The molecule has 12 heteroatoms. The lowest BCUT2D eigenvalue weighted by molar-refractivity contribution is -0.135. The van der Waals surface area contributed by atoms with Crippen LogP contribution in [0.2, 0.25) is 0 Å². The van der Waals surface area contributed by atoms with Gasteiger partial charge >= 0.3 is 0 Å². The molecule has 3 aliphatic carbocycles. The molecule has 0 bridgehead atoms. The highest BCUT2D eigenvalue weighted by Gasteiger charge is 2.42. The molecule has 4 saturated heterocycles. The summed E-state index contributed by atoms with van der Waals surface area (Å²) in [7, 11) is 0. The summed E-state index contributed by atoms with van der Waals surface area (Å²) in [4.78, 5) is 33.1. The van der Waals surface area contributed by atoms with E-state index in [4.69, 9.17) is 9.47 Å². The van der Waals surface area contributed by atoms with E-state index < -0.39 is 6.10 Å². The van der Waals surface area contributed by atoms with Crippen molar-refractivity contribution in [3.05, 3.63) is 0 Å². The van der Waals surface area contributed by atoms with Crippen LogP contribution in [0.15, 0.2) is 0 Å². The van der Waals surface area contributed by atoms with Crippen LogP contribution in [0.1, 0.15) is 78.1 Å². The molecule has 7 aliphatic rings. The van der Waals surface area contributed by atoms with E-state index >= 15 is 0 Å². The van der Waals surface area contributed by atoms with E-state index in [0.717, 1.165) is 77.8 Å². The maximum Gasteiger partial charge on any atom is 0.225 e. The third-order valence-corrected chi connectivity index (χ3v) is 13.0. The number of aliphatic hydroxyl groups is 1. The second-order valence-corrected chi connectivity index (χ2v) is 16.4. The van der Waals surface area contributed by atoms with Crippen LogP contribution in [-0.2, 0) is 19.1 Å². The van der Waals surface area contributed by atoms with Crippen molar-refractivity contribution >= 4 is 11.8 Å². The second-order valence-electron chi connectivity index (χ2n) is 16.4. The van der Waals surface area contributed by atoms with Crippen LogP contribution in [-0.4, -0.2) is 140 Å². The Balaban J connectivity index is 0.848. The Hall–Kier alpha value is -1.38. The molecule has 0 aromatic rings. The highest BCUT2D eigenvalue weighted by molar-refractivity contribution is 5.81. The van der Waals surface area contributed by atoms with Gasteiger partial charge in [0.25, 0.3) is 0 Å². The molecule has 7 fully saturated rings. The van der Waals surface area contributed by atoms with E-state index in [1.54, 1.807) is 0 Å². The number of amides is 2. The zero-order chi connectivity index (χ0) is 33.2. The fourth-order valence-electron chi connectivity index (χ4n) is 9.44. The maximum absolute atomic E-state index is 13.6. The Morgan fingerprint density at radius 3 is 2.50 bits per heavy atom. The fraction of sp³-hybridized carbons (Fsp3) is 0.944. The lowest BCUT2D eigenvalue weighted by atomic mass is 9.68. The average molecular weight is 674 g/mol. The Labute approximate surface area is 287 Å². The Morgan fingerprint density at radius 2 is 1.79 bits per heavy atom. The SMILES string of the molecule is CC1NCOC1COC1CCC2CN(C[C@@H](O)CNC(=O)C3CC(NC4CCC4)NC(N4CCN(C(=O)C5CC5)CC4)C3)CCC2C1C. The average Bonchev–Trinajstić information content (AvgIpc) is 3.85. The number of fused-ring (bicyclic) bond motifs is 1. The second kappa shape index (κ2) is 15.9. The van der Waals surface area contributed by atoms with Gasteiger partial charge in [-0.3, -0.25) is 30.4 Å². The Bertz CT molecular complexity index is 1080. The molecule has 0 aromatic carbocycles. The maximum atomic E-state index is 13.6. The van der Waals surface area contributed by atoms with E-state index in [-0.39, 0.29) is 36.2 Å². The molecular formula is C36H63N7O5. The van der Waals surface area contributed by atoms with Crippen molar-refractivity contribution in [2.45, 2.75) is 121 Å². The topological polar surface area (TPSA) is 131 Å². The summed E-state index contributed by atoms with van der Waals surface area (Å²) in [6, 6.07) is 0.873. The predicted octanol–water partition coefficient (Wildman–Crippen LogP) is 0.899. The van der Waals surface area contributed by atoms with Gasteiger partial charge in [0.05, 0.1) is 44.0 Å². The lowest BCUT2D eigenvalue weighted by Gasteiger charge is -2.47. The minimum atomic E-state index is -0.580. The van der Waals surface area contributed by atoms with Crippen LogP contribution in [0, 0.1) is 29.6 Å². The van der Waals surface area contributed by atoms with Gasteiger partial charge in [-0.1, -0.05) is 13.3 Å². The molecule has 0 spiro atoms. The van der Waals surface area contributed by atoms with Gasteiger partial charge in [-0.2, -0.15) is 0 Å². The third kappa shape index (κ3) is 8.55. The standard InChI is InChI=1S/C36H63N7O5/c1-23-30-10-11-41(19-26(30)8-9-31(23)47-21-32-24(2)38-22-48-32)20-29(44)18-37-35(45)27-16-33(39-28-4-3-5-28)40-34(17-27)42-12-14-43(15-13-42)36(46)25-6-7-25/h23-34,38-40,44H,3-22H2,1-2H3,(H,37,45)/t23?,24?,26?,27?,29-,30?,31?,32?,33?,34?/m0/s1. The van der Waals surface area contributed by atoms with Gasteiger partial charge in [0.1, 0.15) is 0 Å². The molecule has 4 aliphatic heterocycles. The number of rotatable bonds is 12. The minimum Gasteiger partial charge on any atom is -0.390 e. The van der Waals surface area contributed by atoms with Crippen LogP contribution >= 0.6 is 0 Å². The first-order valence-corrected chi connectivity index (χ1v) is 19.5. The molecule has 3 saturated carbocycles. The summed E-state index contributed by atoms with van der Waals surface area (Å²) in [5.74, 6) is 2.38. The fourth-order valence-corrected chi connectivity index (χ4v) is 9.44. The minimum absolute atomic E-state index is 0.0579. The Kier molecular flexibility index (Phi) is 11.6. The molecule has 0 aromatic heterocycles. The number of nitrogens with one attached hydrogen (secondary N) is 4. The van der Waals surface area contributed by atoms with E-state index in [2.05, 4.69) is 44.9 Å². The number of piperazine rings is 1. The largest absolute Gasteiger partial charge is 0.390 e. The molecular weight excluding hydrogens is 610 g/mol. The van der Waals surface area contributed by atoms with Gasteiger partial charge in [0.15, 0.2) is 0 Å². The first-order chi connectivity index (χ1) is 23.3. The molecule has 272 valence electrons. The molecule has 4 heterocycles. The van der Waals surface area contributed by atoms with Crippen molar-refractivity contribution in [2.24, 2.45) is 29.6 Å². The number of hydrogen-bond donors (Lipinski definition) is 5. The van der Waals surface area contributed by atoms with Crippen molar-refractivity contribution in [1.82, 2.24) is 36.0 Å². The Morgan fingerprint density at radius 1 is 0.979 bits per heavy atom. The number of aliphatic hydroxyl groups excluding tert-OH is 1. The monoisotopic (exact) mass is 673 g/mol. The summed E-state index contributed by atoms with van der Waals surface area (Å²) in [5, 5.41) is 25.1. The van der Waals surface area contributed by atoms with Gasteiger partial charge in [-0.15, -0.1) is 0 Å². The molecule has 48 heavy (non-hydrogen) atoms. The molecule has 2 amide bonds. The van der Waals surface area contributed by atoms with Crippen LogP contribution in [0.5, 0.6) is 0 Å². The molecule has 10 atom stereocenters. The van der Waals surface area contributed by atoms with Crippen molar-refractivity contribution in [2.75, 3.05) is 65.7 Å². The molecule has 0 radical (unpaired) electrons. The smallest absolute Gasteiger partial charge is 0.225 e. The number of likely N-dealkylation sites (tertiary alicyclic amines) is 1. The zero-order valence-electron chi connectivity index (χ0n) is 29.5. The van der Waals surface area contributed by atoms with E-state index in [1.165, 1.54) is 25.7 Å². The normalized spacial score (nSPS) is 39.1. The first kappa shape index (κ1) is 35.0. The number of carbonyl (C=O) groups excluding carboxylic acids is 2. The summed E-state index contributed by atoms with van der Waals surface area (Å²) in [6.07, 6.45) is 10.7. The number of β-amino-alcohol motifs (C(OH)–C–C–N with tert-alkyl or cyclic N) is 1. The summed E-state index contributed by atoms with van der Waals surface area (Å²) in [6.45, 7) is 11.9. The third-order valence-electron chi connectivity index (χ3n) is 13.0. The van der Waals surface area contributed by atoms with E-state index in [1.807, 2.05) is 4.90 Å². The van der Waals surface area contributed by atoms with Crippen LogP contribution in [0.4, 0.5) is 0 Å². The number of carbonyl (C=O) groups is 2. The van der Waals surface area contributed by atoms with E-state index in [0.29, 0.717) is 68.3 Å². The van der Waals surface area contributed by atoms with Gasteiger partial charge < -0.3 is 29.7 Å². The summed E-state index contributed by atoms with van der Waals surface area (Å²) >= 11 is 0. The highest BCUT2D eigenvalue weighted by atomic mass is 16.6. The van der Waals surface area contributed by atoms with Gasteiger partial charge in [-0.25, -0.2) is 0 Å². The highest BCUT2D eigenvalue weighted by Crippen LogP contribution is 2.41.